The molecule has 11 nitrogen and oxygen atoms in total. The number of allylic oxidation sites excluding steroid dienone is 2. The summed E-state index contributed by atoms with van der Waals surface area (Å²) in [5.41, 5.74) is 3.61. The Balaban J connectivity index is 1.65. The monoisotopic (exact) mass is 674 g/mol. The molecule has 3 atom stereocenters. The fraction of sp³-hybridized carbons (Fsp3) is 0.350. The number of Topliss-reactive ketones (excluding diaryl/α,β-unsaturated/α-hetero) is 1. The lowest BCUT2D eigenvalue weighted by molar-refractivity contribution is -0.140. The zero-order valence-corrected chi connectivity index (χ0v) is 29.0. The van der Waals surface area contributed by atoms with Gasteiger partial charge in [0.15, 0.2) is 16.6 Å². The Hall–Kier alpha value is -6.30. The van der Waals surface area contributed by atoms with E-state index in [-0.39, 0.29) is 42.9 Å². The van der Waals surface area contributed by atoms with Crippen molar-refractivity contribution < 1.29 is 14.3 Å². The number of rotatable bonds is 4. The van der Waals surface area contributed by atoms with Crippen LogP contribution in [0, 0.1) is 70.0 Å². The molecule has 0 saturated heterocycles. The first-order valence-corrected chi connectivity index (χ1v) is 16.7. The number of ketones is 1. The van der Waals surface area contributed by atoms with Crippen LogP contribution in [0.15, 0.2) is 30.9 Å². The number of nitriles is 4. The molecular weight excluding hydrogens is 640 g/mol. The fourth-order valence-electron chi connectivity index (χ4n) is 8.71. The Labute approximate surface area is 294 Å². The Kier molecular flexibility index (Phi) is 7.41. The van der Waals surface area contributed by atoms with Crippen LogP contribution in [-0.4, -0.2) is 38.8 Å². The summed E-state index contributed by atoms with van der Waals surface area (Å²) in [7, 11) is 1.37. The van der Waals surface area contributed by atoms with E-state index in [9.17, 15) is 30.6 Å². The molecule has 4 aliphatic rings. The molecule has 1 unspecified atom stereocenters. The second kappa shape index (κ2) is 11.4. The van der Waals surface area contributed by atoms with Gasteiger partial charge in [0.25, 0.3) is 0 Å². The average molecular weight is 675 g/mol. The molecule has 8 bridgehead atoms. The third-order valence-electron chi connectivity index (χ3n) is 11.8. The Bertz CT molecular complexity index is 2480. The van der Waals surface area contributed by atoms with Crippen molar-refractivity contribution in [3.8, 4) is 24.3 Å². The highest BCUT2D eigenvalue weighted by molar-refractivity contribution is 6.13. The maximum atomic E-state index is 13.7. The van der Waals surface area contributed by atoms with Gasteiger partial charge in [0.05, 0.1) is 59.4 Å². The Morgan fingerprint density at radius 3 is 2.39 bits per heavy atom. The molecule has 0 aromatic carbocycles. The van der Waals surface area contributed by atoms with E-state index in [0.717, 1.165) is 39.2 Å². The number of aromatic nitrogens is 4. The summed E-state index contributed by atoms with van der Waals surface area (Å²) in [6.45, 7) is 11.6. The van der Waals surface area contributed by atoms with Crippen LogP contribution in [0.25, 0.3) is 33.7 Å². The quantitative estimate of drug-likeness (QED) is 0.275. The topological polar surface area (TPSA) is 196 Å². The van der Waals surface area contributed by atoms with Crippen LogP contribution < -0.4 is 0 Å². The number of nitrogens with zero attached hydrogens (tertiary/aromatic N) is 6. The highest BCUT2D eigenvalue weighted by Gasteiger charge is 2.70. The number of fused-ring (bicyclic) bond motifs is 11. The van der Waals surface area contributed by atoms with Crippen molar-refractivity contribution in [2.45, 2.75) is 70.6 Å². The molecule has 0 amide bonds. The fourth-order valence-corrected chi connectivity index (χ4v) is 8.71. The summed E-state index contributed by atoms with van der Waals surface area (Å²) in [6, 6.07) is 13.9. The molecule has 3 aromatic rings. The Morgan fingerprint density at radius 2 is 1.75 bits per heavy atom. The molecule has 11 heteroatoms. The van der Waals surface area contributed by atoms with Crippen LogP contribution in [0.5, 0.6) is 0 Å². The lowest BCUT2D eigenvalue weighted by Gasteiger charge is -2.46. The number of nitrogens with one attached hydrogen (secondary N) is 2. The number of esters is 1. The van der Waals surface area contributed by atoms with Crippen LogP contribution in [0.1, 0.15) is 100 Å². The summed E-state index contributed by atoms with van der Waals surface area (Å²) in [5.74, 6) is -0.611. The molecule has 0 spiro atoms. The van der Waals surface area contributed by atoms with Gasteiger partial charge >= 0.3 is 5.97 Å². The summed E-state index contributed by atoms with van der Waals surface area (Å²) in [6.07, 6.45) is 4.16. The molecular formula is C40H34N8O3. The number of aryl methyl sites for hydroxylation is 2. The van der Waals surface area contributed by atoms with Crippen LogP contribution >= 0.6 is 0 Å². The molecule has 3 aromatic heterocycles. The molecule has 2 aliphatic carbocycles. The molecule has 51 heavy (non-hydrogen) atoms. The van der Waals surface area contributed by atoms with Crippen molar-refractivity contribution >= 4 is 45.5 Å². The van der Waals surface area contributed by atoms with E-state index in [0.29, 0.717) is 45.5 Å². The molecule has 2 N–H and O–H groups in total. The number of ether oxygens (including phenoxy) is 1. The van der Waals surface area contributed by atoms with Crippen molar-refractivity contribution in [3.05, 3.63) is 81.4 Å². The third kappa shape index (κ3) is 4.19. The molecule has 7 rings (SSSR count). The first kappa shape index (κ1) is 33.2. The lowest BCUT2D eigenvalue weighted by Crippen LogP contribution is -2.54. The van der Waals surface area contributed by atoms with E-state index >= 15 is 0 Å². The molecule has 2 aliphatic heterocycles. The molecule has 0 radical (unpaired) electrons. The second-order valence-corrected chi connectivity index (χ2v) is 14.0. The van der Waals surface area contributed by atoms with E-state index in [4.69, 9.17) is 14.7 Å². The SMILES string of the molecule is C=Cc1c(C)c2cc3nc(c4c5[nH]c(cc6nc(cc1[nH]2)C1(C)C6=CCC(C#N)(C#N)C1(C#N)C#N)c(C)c5C(=O)C4)[C@@H](CCC(=O)OC)[C@@H]3C. The predicted molar refractivity (Wildman–Crippen MR) is 188 cm³/mol. The van der Waals surface area contributed by atoms with Gasteiger partial charge in [-0.1, -0.05) is 25.7 Å². The number of aromatic amines is 2. The van der Waals surface area contributed by atoms with E-state index < -0.39 is 16.2 Å². The van der Waals surface area contributed by atoms with Gasteiger partial charge in [0.1, 0.15) is 0 Å². The number of hydrogen-bond acceptors (Lipinski definition) is 9. The van der Waals surface area contributed by atoms with E-state index in [1.165, 1.54) is 7.11 Å². The van der Waals surface area contributed by atoms with Crippen molar-refractivity contribution in [2.24, 2.45) is 10.8 Å². The van der Waals surface area contributed by atoms with Crippen molar-refractivity contribution in [1.29, 1.82) is 21.0 Å². The highest BCUT2D eigenvalue weighted by Crippen LogP contribution is 2.64. The second-order valence-electron chi connectivity index (χ2n) is 14.0. The van der Waals surface area contributed by atoms with Crippen molar-refractivity contribution in [3.63, 3.8) is 0 Å². The van der Waals surface area contributed by atoms with E-state index in [1.54, 1.807) is 31.2 Å². The lowest BCUT2D eigenvalue weighted by atomic mass is 9.46. The first-order valence-electron chi connectivity index (χ1n) is 16.7. The normalized spacial score (nSPS) is 22.1. The van der Waals surface area contributed by atoms with Gasteiger partial charge in [-0.2, -0.15) is 21.0 Å². The summed E-state index contributed by atoms with van der Waals surface area (Å²) < 4.78 is 4.96. The molecule has 0 saturated carbocycles. The number of H-pyrrole nitrogens is 2. The van der Waals surface area contributed by atoms with Gasteiger partial charge in [-0.3, -0.25) is 19.6 Å². The first-order chi connectivity index (χ1) is 24.4. The van der Waals surface area contributed by atoms with Gasteiger partial charge in [-0.25, -0.2) is 0 Å². The summed E-state index contributed by atoms with van der Waals surface area (Å²) >= 11 is 0. The standard InChI is InChI=1S/C40H34N8O3/c1-7-23-20(2)27-13-28-21(3)24(8-9-34(50)51-6)36(47-28)25-12-32(49)35-22(4)29(48-37(25)35)14-31-26-10-11-39(16-41,17-42)40(18-43,19-44)38(26,5)33(46-31)15-30(23)45-27/h7,10,13-15,21,24,45,48H,1,8-9,11-12H2,2-6H3/t21-,24-,38?/m0/s1. The largest absolute Gasteiger partial charge is 0.469 e. The van der Waals surface area contributed by atoms with Crippen LogP contribution in [0.3, 0.4) is 0 Å². The number of carbonyl (C=O) groups is 2. The van der Waals surface area contributed by atoms with E-state index in [1.807, 2.05) is 32.1 Å². The number of carbonyl (C=O) groups excluding carboxylic acids is 2. The minimum absolute atomic E-state index is 0.0500. The predicted octanol–water partition coefficient (Wildman–Crippen LogP) is 6.97. The van der Waals surface area contributed by atoms with E-state index in [2.05, 4.69) is 35.6 Å². The smallest absolute Gasteiger partial charge is 0.305 e. The van der Waals surface area contributed by atoms with Gasteiger partial charge in [0, 0.05) is 70.0 Å². The van der Waals surface area contributed by atoms with Gasteiger partial charge in [-0.05, 0) is 62.1 Å². The van der Waals surface area contributed by atoms with Crippen LogP contribution in [0.4, 0.5) is 0 Å². The molecule has 0 fully saturated rings. The third-order valence-corrected chi connectivity index (χ3v) is 11.8. The number of methoxy groups -OCH3 is 1. The highest BCUT2D eigenvalue weighted by atomic mass is 16.5. The maximum Gasteiger partial charge on any atom is 0.305 e. The van der Waals surface area contributed by atoms with Gasteiger partial charge < -0.3 is 14.7 Å². The maximum absolute atomic E-state index is 13.7. The van der Waals surface area contributed by atoms with Crippen LogP contribution in [-0.2, 0) is 21.4 Å². The molecule has 5 heterocycles. The molecule has 252 valence electrons. The Morgan fingerprint density at radius 1 is 1.04 bits per heavy atom. The van der Waals surface area contributed by atoms with Crippen molar-refractivity contribution in [1.82, 2.24) is 19.9 Å². The van der Waals surface area contributed by atoms with Gasteiger partial charge in [-0.15, -0.1) is 0 Å². The summed E-state index contributed by atoms with van der Waals surface area (Å²) in [4.78, 5) is 43.2. The van der Waals surface area contributed by atoms with Gasteiger partial charge in [0.2, 0.25) is 0 Å². The average Bonchev–Trinajstić information content (AvgIpc) is 3.87. The summed E-state index contributed by atoms with van der Waals surface area (Å²) in [5, 5.41) is 42.4. The van der Waals surface area contributed by atoms with Crippen molar-refractivity contribution in [2.75, 3.05) is 7.11 Å². The number of hydrogen-bond donors (Lipinski definition) is 2. The van der Waals surface area contributed by atoms with Crippen LogP contribution in [0.2, 0.25) is 0 Å². The minimum atomic E-state index is -2.13. The minimum Gasteiger partial charge on any atom is -0.469 e. The zero-order valence-electron chi connectivity index (χ0n) is 29.0. The zero-order chi connectivity index (χ0) is 36.6.